The molecule has 3 heteroatoms. The van der Waals surface area contributed by atoms with Gasteiger partial charge in [0.1, 0.15) is 11.6 Å². The van der Waals surface area contributed by atoms with Gasteiger partial charge in [0, 0.05) is 11.1 Å². The van der Waals surface area contributed by atoms with Crippen molar-refractivity contribution < 1.29 is 8.78 Å². The van der Waals surface area contributed by atoms with Crippen LogP contribution in [0.5, 0.6) is 0 Å². The summed E-state index contributed by atoms with van der Waals surface area (Å²) in [5.41, 5.74) is 0.110. The van der Waals surface area contributed by atoms with Crippen LogP contribution in [0.1, 0.15) is 51.0 Å². The molecule has 19 heavy (non-hydrogen) atoms. The second-order valence-corrected chi connectivity index (χ2v) is 5.64. The summed E-state index contributed by atoms with van der Waals surface area (Å²) in [6.07, 6.45) is 6.98. The van der Waals surface area contributed by atoms with E-state index in [9.17, 15) is 8.78 Å². The highest BCUT2D eigenvalue weighted by Crippen LogP contribution is 2.29. The van der Waals surface area contributed by atoms with Gasteiger partial charge in [-0.05, 0) is 44.4 Å². The minimum absolute atomic E-state index is 0.131. The first-order valence-corrected chi connectivity index (χ1v) is 7.35. The van der Waals surface area contributed by atoms with Crippen LogP contribution in [0.25, 0.3) is 0 Å². The van der Waals surface area contributed by atoms with Gasteiger partial charge in [-0.15, -0.1) is 0 Å². The zero-order chi connectivity index (χ0) is 13.7. The average Bonchev–Trinajstić information content (AvgIpc) is 2.61. The van der Waals surface area contributed by atoms with Crippen LogP contribution in [-0.4, -0.2) is 12.1 Å². The summed E-state index contributed by atoms with van der Waals surface area (Å²) in [6.45, 7) is 3.09. The Hall–Kier alpha value is -0.960. The van der Waals surface area contributed by atoms with Crippen LogP contribution < -0.4 is 5.32 Å². The van der Waals surface area contributed by atoms with Crippen LogP contribution in [0, 0.1) is 11.6 Å². The lowest BCUT2D eigenvalue weighted by atomic mass is 9.82. The van der Waals surface area contributed by atoms with Crippen molar-refractivity contribution >= 4 is 0 Å². The Morgan fingerprint density at radius 1 is 1.16 bits per heavy atom. The maximum atomic E-state index is 13.8. The fraction of sp³-hybridized carbons (Fsp3) is 0.625. The Balaban J connectivity index is 2.24. The smallest absolute Gasteiger partial charge is 0.129 e. The van der Waals surface area contributed by atoms with Crippen LogP contribution in [0.3, 0.4) is 0 Å². The van der Waals surface area contributed by atoms with Gasteiger partial charge in [-0.1, -0.05) is 32.3 Å². The highest BCUT2D eigenvalue weighted by atomic mass is 19.1. The van der Waals surface area contributed by atoms with Crippen LogP contribution >= 0.6 is 0 Å². The van der Waals surface area contributed by atoms with E-state index in [0.717, 1.165) is 38.6 Å². The van der Waals surface area contributed by atoms with E-state index in [0.29, 0.717) is 6.42 Å². The summed E-state index contributed by atoms with van der Waals surface area (Å²) in [7, 11) is 0. The van der Waals surface area contributed by atoms with Crippen molar-refractivity contribution in [1.29, 1.82) is 0 Å². The molecule has 1 aromatic carbocycles. The fourth-order valence-corrected chi connectivity index (χ4v) is 3.18. The summed E-state index contributed by atoms with van der Waals surface area (Å²) >= 11 is 0. The maximum absolute atomic E-state index is 13.8. The molecule has 0 saturated carbocycles. The summed E-state index contributed by atoms with van der Waals surface area (Å²) in [4.78, 5) is 0. The molecular weight excluding hydrogens is 244 g/mol. The normalized spacial score (nSPS) is 24.2. The molecule has 1 fully saturated rings. The molecule has 1 aliphatic rings. The van der Waals surface area contributed by atoms with Crippen molar-refractivity contribution in [3.63, 3.8) is 0 Å². The van der Waals surface area contributed by atoms with Crippen molar-refractivity contribution in [1.82, 2.24) is 5.32 Å². The van der Waals surface area contributed by atoms with Crippen LogP contribution in [0.2, 0.25) is 0 Å². The topological polar surface area (TPSA) is 12.0 Å². The molecule has 1 heterocycles. The van der Waals surface area contributed by atoms with Crippen molar-refractivity contribution in [3.8, 4) is 0 Å². The third-order valence-electron chi connectivity index (χ3n) is 4.14. The molecule has 1 saturated heterocycles. The van der Waals surface area contributed by atoms with Gasteiger partial charge in [-0.25, -0.2) is 8.78 Å². The van der Waals surface area contributed by atoms with Gasteiger partial charge in [0.25, 0.3) is 0 Å². The quantitative estimate of drug-likeness (QED) is 0.861. The van der Waals surface area contributed by atoms with Crippen molar-refractivity contribution in [3.05, 3.63) is 35.4 Å². The number of rotatable bonds is 4. The van der Waals surface area contributed by atoms with Crippen LogP contribution in [0.4, 0.5) is 8.78 Å². The Kier molecular flexibility index (Phi) is 4.92. The molecule has 0 spiro atoms. The van der Waals surface area contributed by atoms with Crippen molar-refractivity contribution in [2.75, 3.05) is 6.54 Å². The van der Waals surface area contributed by atoms with Crippen molar-refractivity contribution in [2.24, 2.45) is 0 Å². The largest absolute Gasteiger partial charge is 0.311 e. The van der Waals surface area contributed by atoms with E-state index in [-0.39, 0.29) is 11.1 Å². The molecule has 1 unspecified atom stereocenters. The average molecular weight is 267 g/mol. The third-order valence-corrected chi connectivity index (χ3v) is 4.14. The first kappa shape index (κ1) is 14.4. The molecule has 0 aliphatic carbocycles. The standard InChI is InChI=1S/C16H23F2N/c1-2-9-16(10-4-3-5-11-19-16)12-13-14(17)7-6-8-15(13)18/h6-8,19H,2-5,9-12H2,1H3. The van der Waals surface area contributed by atoms with E-state index in [1.165, 1.54) is 24.6 Å². The van der Waals surface area contributed by atoms with E-state index in [4.69, 9.17) is 0 Å². The molecule has 0 aromatic heterocycles. The summed E-state index contributed by atoms with van der Waals surface area (Å²) < 4.78 is 27.7. The number of hydrogen-bond donors (Lipinski definition) is 1. The molecule has 106 valence electrons. The Morgan fingerprint density at radius 2 is 1.89 bits per heavy atom. The molecule has 0 radical (unpaired) electrons. The molecule has 1 aliphatic heterocycles. The van der Waals surface area contributed by atoms with Crippen molar-refractivity contribution in [2.45, 2.75) is 57.4 Å². The first-order chi connectivity index (χ1) is 9.17. The van der Waals surface area contributed by atoms with Gasteiger partial charge in [0.15, 0.2) is 0 Å². The van der Waals surface area contributed by atoms with E-state index in [1.54, 1.807) is 0 Å². The highest BCUT2D eigenvalue weighted by Gasteiger charge is 2.31. The molecule has 1 atom stereocenters. The molecule has 0 amide bonds. The zero-order valence-corrected chi connectivity index (χ0v) is 11.6. The zero-order valence-electron chi connectivity index (χ0n) is 11.6. The number of benzene rings is 1. The summed E-state index contributed by atoms with van der Waals surface area (Å²) in [5.74, 6) is -0.831. The Bertz CT molecular complexity index is 389. The predicted molar refractivity (Wildman–Crippen MR) is 74.2 cm³/mol. The molecule has 2 rings (SSSR count). The maximum Gasteiger partial charge on any atom is 0.129 e. The number of halogens is 2. The van der Waals surface area contributed by atoms with Crippen LogP contribution in [0.15, 0.2) is 18.2 Å². The van der Waals surface area contributed by atoms with Crippen LogP contribution in [-0.2, 0) is 6.42 Å². The summed E-state index contributed by atoms with van der Waals surface area (Å²) in [6, 6.07) is 4.14. The van der Waals surface area contributed by atoms with E-state index < -0.39 is 11.6 Å². The van der Waals surface area contributed by atoms with Gasteiger partial charge >= 0.3 is 0 Å². The second kappa shape index (κ2) is 6.47. The van der Waals surface area contributed by atoms with Gasteiger partial charge < -0.3 is 5.32 Å². The fourth-order valence-electron chi connectivity index (χ4n) is 3.18. The lowest BCUT2D eigenvalue weighted by molar-refractivity contribution is 0.281. The Morgan fingerprint density at radius 3 is 2.58 bits per heavy atom. The Labute approximate surface area is 114 Å². The molecule has 0 bridgehead atoms. The molecular formula is C16H23F2N. The van der Waals surface area contributed by atoms with E-state index >= 15 is 0 Å². The SMILES string of the molecule is CCCC1(Cc2c(F)cccc2F)CCCCCN1. The first-order valence-electron chi connectivity index (χ1n) is 7.35. The van der Waals surface area contributed by atoms with Gasteiger partial charge in [-0.3, -0.25) is 0 Å². The number of hydrogen-bond acceptors (Lipinski definition) is 1. The lowest BCUT2D eigenvalue weighted by Gasteiger charge is -2.34. The molecule has 1 aromatic rings. The molecule has 1 N–H and O–H groups in total. The minimum Gasteiger partial charge on any atom is -0.311 e. The van der Waals surface area contributed by atoms with E-state index in [2.05, 4.69) is 12.2 Å². The second-order valence-electron chi connectivity index (χ2n) is 5.64. The van der Waals surface area contributed by atoms with Gasteiger partial charge in [-0.2, -0.15) is 0 Å². The number of nitrogens with one attached hydrogen (secondary N) is 1. The van der Waals surface area contributed by atoms with E-state index in [1.807, 2.05) is 0 Å². The van der Waals surface area contributed by atoms with Gasteiger partial charge in [0.05, 0.1) is 0 Å². The monoisotopic (exact) mass is 267 g/mol. The summed E-state index contributed by atoms with van der Waals surface area (Å²) in [5, 5.41) is 3.57. The van der Waals surface area contributed by atoms with Gasteiger partial charge in [0.2, 0.25) is 0 Å². The lowest BCUT2D eigenvalue weighted by Crippen LogP contribution is -2.46. The predicted octanol–water partition coefficient (Wildman–Crippen LogP) is 4.21. The highest BCUT2D eigenvalue weighted by molar-refractivity contribution is 5.22. The third kappa shape index (κ3) is 3.53. The minimum atomic E-state index is -0.415. The molecule has 1 nitrogen and oxygen atoms in total.